The van der Waals surface area contributed by atoms with E-state index in [0.717, 1.165) is 39.8 Å². The molecule has 0 amide bonds. The van der Waals surface area contributed by atoms with Gasteiger partial charge in [0.1, 0.15) is 0 Å². The molecule has 0 atom stereocenters. The minimum Gasteiger partial charge on any atom is -0.310 e. The fraction of sp³-hybridized carbons (Fsp3) is 0. The predicted octanol–water partition coefficient (Wildman–Crippen LogP) is 15.6. The molecule has 0 aliphatic carbocycles. The molecular weight excluding hydrogens is 715 g/mol. The number of nitrogens with zero attached hydrogens (tertiary/aromatic N) is 3. The maximum Gasteiger partial charge on any atom is 0.0568 e. The molecule has 3 heteroatoms. The topological polar surface area (TPSA) is 11.4 Å². The van der Waals surface area contributed by atoms with Crippen molar-refractivity contribution in [2.45, 2.75) is 0 Å². The Morgan fingerprint density at radius 1 is 0.254 bits per heavy atom. The van der Waals surface area contributed by atoms with Crippen LogP contribution >= 0.6 is 0 Å². The summed E-state index contributed by atoms with van der Waals surface area (Å²) in [5.41, 5.74) is 14.9. The Balaban J connectivity index is 1.12. The van der Waals surface area contributed by atoms with E-state index in [-0.39, 0.29) is 0 Å². The van der Waals surface area contributed by atoms with E-state index in [1.807, 2.05) is 0 Å². The van der Waals surface area contributed by atoms with Crippen LogP contribution in [0.3, 0.4) is 0 Å². The first-order valence-corrected chi connectivity index (χ1v) is 20.2. The second-order valence-electron chi connectivity index (χ2n) is 15.0. The lowest BCUT2D eigenvalue weighted by molar-refractivity contribution is 1.17. The highest BCUT2D eigenvalue weighted by Crippen LogP contribution is 2.47. The molecule has 11 rings (SSSR count). The van der Waals surface area contributed by atoms with Crippen molar-refractivity contribution in [2.24, 2.45) is 0 Å². The highest BCUT2D eigenvalue weighted by Gasteiger charge is 2.23. The van der Waals surface area contributed by atoms with Crippen LogP contribution in [0.2, 0.25) is 0 Å². The van der Waals surface area contributed by atoms with E-state index >= 15 is 0 Å². The Morgan fingerprint density at radius 3 is 0.966 bits per heavy atom. The van der Waals surface area contributed by atoms with Gasteiger partial charge in [-0.2, -0.15) is 0 Å². The molecule has 1 aromatic heterocycles. The van der Waals surface area contributed by atoms with Gasteiger partial charge in [0, 0.05) is 50.6 Å². The predicted molar refractivity (Wildman–Crippen MR) is 250 cm³/mol. The number of benzene rings is 10. The Labute approximate surface area is 344 Å². The summed E-state index contributed by atoms with van der Waals surface area (Å²) in [4.78, 5) is 4.76. The first-order valence-electron chi connectivity index (χ1n) is 20.2. The maximum atomic E-state index is 2.46. The van der Waals surface area contributed by atoms with Gasteiger partial charge in [0.15, 0.2) is 0 Å². The van der Waals surface area contributed by atoms with Crippen molar-refractivity contribution in [3.05, 3.63) is 237 Å². The third-order valence-corrected chi connectivity index (χ3v) is 11.5. The molecule has 278 valence electrons. The molecule has 0 saturated carbocycles. The van der Waals surface area contributed by atoms with Crippen LogP contribution < -0.4 is 9.80 Å². The van der Waals surface area contributed by atoms with Crippen LogP contribution in [0.5, 0.6) is 0 Å². The van der Waals surface area contributed by atoms with Crippen LogP contribution in [0.4, 0.5) is 34.1 Å². The molecule has 0 saturated heterocycles. The molecule has 1 heterocycles. The first-order chi connectivity index (χ1) is 29.3. The second kappa shape index (κ2) is 14.6. The summed E-state index contributed by atoms with van der Waals surface area (Å²) >= 11 is 0. The molecule has 0 aliphatic rings. The zero-order valence-electron chi connectivity index (χ0n) is 32.4. The van der Waals surface area contributed by atoms with Crippen molar-refractivity contribution >= 4 is 66.7 Å². The fourth-order valence-corrected chi connectivity index (χ4v) is 8.77. The molecule has 0 radical (unpaired) electrons. The summed E-state index contributed by atoms with van der Waals surface area (Å²) < 4.78 is 2.46. The molecule has 0 aliphatic heterocycles. The quantitative estimate of drug-likeness (QED) is 0.136. The Bertz CT molecular complexity index is 2960. The molecule has 0 unspecified atom stereocenters. The molecular formula is C56H39N3. The number of aromatic nitrogens is 1. The third kappa shape index (κ3) is 6.17. The van der Waals surface area contributed by atoms with Gasteiger partial charge in [0.05, 0.1) is 11.0 Å². The molecule has 0 fully saturated rings. The van der Waals surface area contributed by atoms with Crippen LogP contribution in [-0.2, 0) is 0 Å². The lowest BCUT2D eigenvalue weighted by Gasteiger charge is -2.26. The third-order valence-electron chi connectivity index (χ3n) is 11.5. The molecule has 59 heavy (non-hydrogen) atoms. The number of hydrogen-bond acceptors (Lipinski definition) is 2. The van der Waals surface area contributed by atoms with Crippen molar-refractivity contribution in [3.8, 4) is 27.9 Å². The van der Waals surface area contributed by atoms with E-state index in [1.54, 1.807) is 0 Å². The van der Waals surface area contributed by atoms with Crippen LogP contribution in [0.1, 0.15) is 0 Å². The summed E-state index contributed by atoms with van der Waals surface area (Å²) in [6.45, 7) is 0. The summed E-state index contributed by atoms with van der Waals surface area (Å²) in [6, 6.07) is 85.3. The van der Waals surface area contributed by atoms with Gasteiger partial charge in [-0.25, -0.2) is 0 Å². The molecule has 11 aromatic rings. The van der Waals surface area contributed by atoms with Crippen molar-refractivity contribution in [1.29, 1.82) is 0 Å². The molecule has 0 spiro atoms. The van der Waals surface area contributed by atoms with E-state index < -0.39 is 0 Å². The molecule has 10 aromatic carbocycles. The van der Waals surface area contributed by atoms with Gasteiger partial charge in [0.2, 0.25) is 0 Å². The van der Waals surface area contributed by atoms with E-state index in [2.05, 4.69) is 251 Å². The lowest BCUT2D eigenvalue weighted by Crippen LogP contribution is -2.10. The maximum absolute atomic E-state index is 2.46. The molecule has 0 bridgehead atoms. The van der Waals surface area contributed by atoms with Crippen LogP contribution in [-0.4, -0.2) is 4.57 Å². The molecule has 0 N–H and O–H groups in total. The van der Waals surface area contributed by atoms with Crippen molar-refractivity contribution in [1.82, 2.24) is 4.57 Å². The summed E-state index contributed by atoms with van der Waals surface area (Å²) in [5, 5.41) is 4.94. The van der Waals surface area contributed by atoms with Gasteiger partial charge in [-0.1, -0.05) is 152 Å². The molecule has 3 nitrogen and oxygen atoms in total. The van der Waals surface area contributed by atoms with Crippen molar-refractivity contribution < 1.29 is 0 Å². The Hall–Kier alpha value is -7.88. The normalized spacial score (nSPS) is 11.4. The smallest absolute Gasteiger partial charge is 0.0568 e. The average Bonchev–Trinajstić information content (AvgIpc) is 3.65. The van der Waals surface area contributed by atoms with E-state index in [4.69, 9.17) is 0 Å². The highest BCUT2D eigenvalue weighted by molar-refractivity contribution is 6.26. The van der Waals surface area contributed by atoms with Gasteiger partial charge in [-0.15, -0.1) is 0 Å². The summed E-state index contributed by atoms with van der Waals surface area (Å²) in [6.07, 6.45) is 0. The highest BCUT2D eigenvalue weighted by atomic mass is 15.2. The Morgan fingerprint density at radius 2 is 0.576 bits per heavy atom. The zero-order valence-corrected chi connectivity index (χ0v) is 32.4. The summed E-state index contributed by atoms with van der Waals surface area (Å²) in [7, 11) is 0. The van der Waals surface area contributed by atoms with Crippen molar-refractivity contribution in [2.75, 3.05) is 9.80 Å². The zero-order chi connectivity index (χ0) is 39.1. The van der Waals surface area contributed by atoms with E-state index in [0.29, 0.717) is 0 Å². The standard InChI is InChI=1S/C56H39N3/c1-6-16-40(17-7-1)42-28-32-49(33-29-42)57(46-20-10-3-11-21-46)51-36-44-26-27-45-37-52(39-54-56(45)55(44)53(38-51)59(54)48-24-14-5-15-25-48)58(47-22-12-4-13-23-47)50-34-30-43(31-35-50)41-18-8-2-9-19-41/h1-39H. The Kier molecular flexibility index (Phi) is 8.49. The number of anilines is 6. The average molecular weight is 754 g/mol. The SMILES string of the molecule is c1ccc(-c2ccc(N(c3ccccc3)c3cc4ccc5cc(N(c6ccccc6)c6ccc(-c7ccccc7)cc6)cc6c5c4c(c3)n6-c3ccccc3)cc2)cc1. The van der Waals surface area contributed by atoms with Crippen LogP contribution in [0, 0.1) is 0 Å². The van der Waals surface area contributed by atoms with Gasteiger partial charge in [-0.3, -0.25) is 0 Å². The van der Waals surface area contributed by atoms with Crippen LogP contribution in [0.25, 0.3) is 60.5 Å². The summed E-state index contributed by atoms with van der Waals surface area (Å²) in [5.74, 6) is 0. The van der Waals surface area contributed by atoms with Gasteiger partial charge >= 0.3 is 0 Å². The minimum atomic E-state index is 1.10. The first kappa shape index (κ1) is 34.4. The minimum absolute atomic E-state index is 1.10. The van der Waals surface area contributed by atoms with Gasteiger partial charge < -0.3 is 14.4 Å². The number of hydrogen-bond donors (Lipinski definition) is 0. The monoisotopic (exact) mass is 753 g/mol. The second-order valence-corrected chi connectivity index (χ2v) is 15.0. The lowest BCUT2D eigenvalue weighted by atomic mass is 9.99. The number of rotatable bonds is 9. The fourth-order valence-electron chi connectivity index (χ4n) is 8.77. The van der Waals surface area contributed by atoms with E-state index in [1.165, 1.54) is 54.8 Å². The largest absolute Gasteiger partial charge is 0.310 e. The van der Waals surface area contributed by atoms with Crippen molar-refractivity contribution in [3.63, 3.8) is 0 Å². The van der Waals surface area contributed by atoms with Gasteiger partial charge in [-0.05, 0) is 118 Å². The van der Waals surface area contributed by atoms with Gasteiger partial charge in [0.25, 0.3) is 0 Å². The number of para-hydroxylation sites is 3. The van der Waals surface area contributed by atoms with Crippen LogP contribution in [0.15, 0.2) is 237 Å². The van der Waals surface area contributed by atoms with E-state index in [9.17, 15) is 0 Å².